The third kappa shape index (κ3) is 7.32. The first-order valence-electron chi connectivity index (χ1n) is 19.9. The molecular formula is C52H36Cl4O8. The molecule has 1 aliphatic rings. The van der Waals surface area contributed by atoms with Gasteiger partial charge >= 0.3 is 0 Å². The lowest BCUT2D eigenvalue weighted by atomic mass is 9.75. The maximum absolute atomic E-state index is 12.0. The number of benzene rings is 8. The van der Waals surface area contributed by atoms with Crippen LogP contribution in [0.5, 0.6) is 46.0 Å². The van der Waals surface area contributed by atoms with Crippen molar-refractivity contribution in [3.05, 3.63) is 232 Å². The number of aromatic hydroxyl groups is 8. The van der Waals surface area contributed by atoms with E-state index in [1.54, 1.807) is 97.1 Å². The predicted octanol–water partition coefficient (Wildman–Crippen LogP) is 13.0. The van der Waals surface area contributed by atoms with Gasteiger partial charge in [0.1, 0.15) is 46.0 Å². The van der Waals surface area contributed by atoms with Crippen molar-refractivity contribution < 1.29 is 40.9 Å². The van der Waals surface area contributed by atoms with E-state index in [-0.39, 0.29) is 64.6 Å². The number of hydrogen-bond acceptors (Lipinski definition) is 8. The molecule has 12 heteroatoms. The molecule has 0 atom stereocenters. The molecule has 8 aromatic carbocycles. The average molecular weight is 931 g/mol. The quantitative estimate of drug-likeness (QED) is 0.0865. The largest absolute Gasteiger partial charge is 0.507 e. The Balaban J connectivity index is 1.51. The van der Waals surface area contributed by atoms with E-state index in [1.165, 1.54) is 24.3 Å². The van der Waals surface area contributed by atoms with E-state index in [9.17, 15) is 40.9 Å². The smallest absolute Gasteiger partial charge is 0.123 e. The number of hydrogen-bond donors (Lipinski definition) is 8. The second-order valence-electron chi connectivity index (χ2n) is 15.7. The third-order valence-electron chi connectivity index (χ3n) is 12.1. The summed E-state index contributed by atoms with van der Waals surface area (Å²) in [6, 6.07) is 38.0. The van der Waals surface area contributed by atoms with Crippen LogP contribution >= 0.6 is 46.4 Å². The maximum Gasteiger partial charge on any atom is 0.123 e. The van der Waals surface area contributed by atoms with Crippen LogP contribution in [0.1, 0.15) is 90.4 Å². The first-order valence-corrected chi connectivity index (χ1v) is 21.4. The van der Waals surface area contributed by atoms with Crippen LogP contribution in [0, 0.1) is 0 Å². The SMILES string of the molecule is Oc1cc(O)c2cc1C(c1ccccc1Cl)c1cc(c(O)cc1O)C(c1ccccc1Cl)c1cc(c(O)cc1O)C(c1ccccc1Cl)c1cc(c(O)cc1O)C2c1ccccc1Cl. The second kappa shape index (κ2) is 16.8. The molecule has 0 heterocycles. The molecule has 8 nitrogen and oxygen atoms in total. The van der Waals surface area contributed by atoms with E-state index in [0.717, 1.165) is 24.3 Å². The molecule has 0 unspecified atom stereocenters. The number of rotatable bonds is 4. The molecule has 0 fully saturated rings. The van der Waals surface area contributed by atoms with Crippen LogP contribution in [0.25, 0.3) is 0 Å². The van der Waals surface area contributed by atoms with Crippen molar-refractivity contribution in [3.63, 3.8) is 0 Å². The van der Waals surface area contributed by atoms with Gasteiger partial charge in [0, 0.05) is 113 Å². The van der Waals surface area contributed by atoms with Gasteiger partial charge in [0.05, 0.1) is 0 Å². The third-order valence-corrected chi connectivity index (χ3v) is 13.4. The molecule has 0 radical (unpaired) electrons. The minimum Gasteiger partial charge on any atom is -0.507 e. The summed E-state index contributed by atoms with van der Waals surface area (Å²) in [7, 11) is 0. The lowest BCUT2D eigenvalue weighted by Crippen LogP contribution is -2.13. The van der Waals surface area contributed by atoms with E-state index in [1.807, 2.05) is 0 Å². The zero-order valence-corrected chi connectivity index (χ0v) is 36.3. The highest BCUT2D eigenvalue weighted by molar-refractivity contribution is 6.32. The Morgan fingerprint density at radius 1 is 0.219 bits per heavy atom. The van der Waals surface area contributed by atoms with E-state index in [0.29, 0.717) is 22.3 Å². The molecule has 8 N–H and O–H groups in total. The topological polar surface area (TPSA) is 162 Å². The molecule has 0 aliphatic heterocycles. The molecule has 0 saturated carbocycles. The van der Waals surface area contributed by atoms with Crippen LogP contribution in [-0.2, 0) is 0 Å². The number of fused-ring (bicyclic) bond motifs is 8. The highest BCUT2D eigenvalue weighted by Gasteiger charge is 2.36. The monoisotopic (exact) mass is 928 g/mol. The van der Waals surface area contributed by atoms with Crippen LogP contribution in [0.2, 0.25) is 20.1 Å². The molecule has 8 bridgehead atoms. The fourth-order valence-electron chi connectivity index (χ4n) is 9.14. The molecule has 0 spiro atoms. The Labute approximate surface area is 387 Å². The Bertz CT molecular complexity index is 2630. The summed E-state index contributed by atoms with van der Waals surface area (Å²) in [5, 5.41) is 96.7. The van der Waals surface area contributed by atoms with E-state index in [2.05, 4.69) is 0 Å². The van der Waals surface area contributed by atoms with Crippen LogP contribution in [-0.4, -0.2) is 40.9 Å². The molecule has 320 valence electrons. The summed E-state index contributed by atoms with van der Waals surface area (Å²) in [5.41, 5.74) is 2.84. The van der Waals surface area contributed by atoms with Crippen molar-refractivity contribution in [1.29, 1.82) is 0 Å². The molecule has 64 heavy (non-hydrogen) atoms. The van der Waals surface area contributed by atoms with Gasteiger partial charge in [-0.25, -0.2) is 0 Å². The van der Waals surface area contributed by atoms with Crippen LogP contribution in [0.3, 0.4) is 0 Å². The maximum atomic E-state index is 12.0. The predicted molar refractivity (Wildman–Crippen MR) is 249 cm³/mol. The number of phenols is 8. The van der Waals surface area contributed by atoms with Crippen molar-refractivity contribution in [2.75, 3.05) is 0 Å². The second-order valence-corrected chi connectivity index (χ2v) is 17.3. The van der Waals surface area contributed by atoms with Crippen LogP contribution < -0.4 is 0 Å². The summed E-state index contributed by atoms with van der Waals surface area (Å²) in [5.74, 6) is -7.59. The molecular weight excluding hydrogens is 894 g/mol. The molecule has 9 rings (SSSR count). The van der Waals surface area contributed by atoms with Gasteiger partial charge in [0.15, 0.2) is 0 Å². The summed E-state index contributed by atoms with van der Waals surface area (Å²) in [6.07, 6.45) is 0. The molecule has 0 aromatic heterocycles. The Morgan fingerprint density at radius 2 is 0.375 bits per heavy atom. The van der Waals surface area contributed by atoms with Gasteiger partial charge in [-0.1, -0.05) is 119 Å². The number of phenolic OH excluding ortho intramolecular Hbond substituents is 8. The summed E-state index contributed by atoms with van der Waals surface area (Å²) >= 11 is 27.9. The lowest BCUT2D eigenvalue weighted by molar-refractivity contribution is 0.431. The van der Waals surface area contributed by atoms with Crippen molar-refractivity contribution in [2.24, 2.45) is 0 Å². The highest BCUT2D eigenvalue weighted by Crippen LogP contribution is 2.55. The molecule has 8 aromatic rings. The van der Waals surface area contributed by atoms with Crippen molar-refractivity contribution in [1.82, 2.24) is 0 Å². The molecule has 1 aliphatic carbocycles. The van der Waals surface area contributed by atoms with E-state index >= 15 is 0 Å². The van der Waals surface area contributed by atoms with Gasteiger partial charge in [-0.15, -0.1) is 0 Å². The van der Waals surface area contributed by atoms with Crippen molar-refractivity contribution in [2.45, 2.75) is 23.7 Å². The van der Waals surface area contributed by atoms with Gasteiger partial charge < -0.3 is 40.9 Å². The summed E-state index contributed by atoms with van der Waals surface area (Å²) in [6.45, 7) is 0. The van der Waals surface area contributed by atoms with Gasteiger partial charge in [-0.2, -0.15) is 0 Å². The van der Waals surface area contributed by atoms with E-state index < -0.39 is 69.7 Å². The van der Waals surface area contributed by atoms with Gasteiger partial charge in [-0.3, -0.25) is 0 Å². The molecule has 0 amide bonds. The average Bonchev–Trinajstić information content (AvgIpc) is 3.25. The zero-order valence-electron chi connectivity index (χ0n) is 33.3. The van der Waals surface area contributed by atoms with Crippen LogP contribution in [0.4, 0.5) is 0 Å². The standard InChI is InChI=1S/C52H36Cl4O8/c53-37-13-5-1-9-25(37)49-29-17-31(43(59)21-41(29)57)50(26-10-2-6-14-38(26)54)33-19-35(47(63)23-45(33)61)52(28-12-4-8-16-40(28)56)36-20-34(46(62)24-48(36)64)51(27-11-3-7-15-39(27)55)32-18-30(49)42(58)22-44(32)60/h1-24,49-52,57-64H. The minimum atomic E-state index is -1.11. The van der Waals surface area contributed by atoms with Gasteiger partial charge in [0.25, 0.3) is 0 Å². The fraction of sp³-hybridized carbons (Fsp3) is 0.0769. The highest BCUT2D eigenvalue weighted by atomic mass is 35.5. The van der Waals surface area contributed by atoms with E-state index in [4.69, 9.17) is 46.4 Å². The Kier molecular flexibility index (Phi) is 11.2. The Morgan fingerprint density at radius 3 is 0.531 bits per heavy atom. The Hall–Kier alpha value is -6.68. The summed E-state index contributed by atoms with van der Waals surface area (Å²) in [4.78, 5) is 0. The zero-order chi connectivity index (χ0) is 45.1. The van der Waals surface area contributed by atoms with Crippen molar-refractivity contribution in [3.8, 4) is 46.0 Å². The van der Waals surface area contributed by atoms with Gasteiger partial charge in [0.2, 0.25) is 0 Å². The number of halogens is 4. The van der Waals surface area contributed by atoms with Crippen molar-refractivity contribution >= 4 is 46.4 Å². The first kappa shape index (κ1) is 42.6. The summed E-state index contributed by atoms with van der Waals surface area (Å²) < 4.78 is 0. The normalized spacial score (nSPS) is 16.9. The molecule has 0 saturated heterocycles. The first-order chi connectivity index (χ1) is 30.7. The van der Waals surface area contributed by atoms with Gasteiger partial charge in [-0.05, 0) is 70.8 Å². The fourth-order valence-corrected chi connectivity index (χ4v) is 10.1. The van der Waals surface area contributed by atoms with Crippen LogP contribution in [0.15, 0.2) is 146 Å². The lowest BCUT2D eigenvalue weighted by Gasteiger charge is -2.30. The minimum absolute atomic E-state index is 0.147.